The lowest BCUT2D eigenvalue weighted by Crippen LogP contribution is -2.38. The molecule has 5 N–H and O–H groups in total. The van der Waals surface area contributed by atoms with Crippen LogP contribution in [-0.2, 0) is 0 Å². The highest BCUT2D eigenvalue weighted by Gasteiger charge is 2.20. The van der Waals surface area contributed by atoms with Gasteiger partial charge in [-0.1, -0.05) is 12.8 Å². The first-order chi connectivity index (χ1) is 10.6. The lowest BCUT2D eigenvalue weighted by atomic mass is 10.0. The zero-order valence-corrected chi connectivity index (χ0v) is 12.6. The molecule has 0 aliphatic heterocycles. The van der Waals surface area contributed by atoms with Crippen LogP contribution >= 0.6 is 0 Å². The fraction of sp³-hybridized carbons (Fsp3) is 0.600. The summed E-state index contributed by atoms with van der Waals surface area (Å²) in [6.45, 7) is 1.19. The molecule has 0 aliphatic carbocycles. The molecule has 0 amide bonds. The molecule has 0 fully saturated rings. The van der Waals surface area contributed by atoms with Crippen molar-refractivity contribution in [2.75, 3.05) is 19.7 Å². The van der Waals surface area contributed by atoms with Crippen molar-refractivity contribution in [1.82, 2.24) is 5.32 Å². The first-order valence-electron chi connectivity index (χ1n) is 7.57. The average Bonchev–Trinajstić information content (AvgIpc) is 2.54. The number of nitro benzene ring substituents is 1. The molecule has 7 nitrogen and oxygen atoms in total. The van der Waals surface area contributed by atoms with Crippen LogP contribution in [0.15, 0.2) is 24.3 Å². The van der Waals surface area contributed by atoms with E-state index in [9.17, 15) is 20.3 Å². The third-order valence-electron chi connectivity index (χ3n) is 3.56. The monoisotopic (exact) mass is 311 g/mol. The molecule has 0 bridgehead atoms. The van der Waals surface area contributed by atoms with E-state index in [1.165, 1.54) is 24.3 Å². The van der Waals surface area contributed by atoms with Gasteiger partial charge >= 0.3 is 0 Å². The van der Waals surface area contributed by atoms with Gasteiger partial charge in [-0.15, -0.1) is 0 Å². The maximum absolute atomic E-state index is 10.6. The van der Waals surface area contributed by atoms with E-state index < -0.39 is 17.1 Å². The highest BCUT2D eigenvalue weighted by atomic mass is 16.6. The van der Waals surface area contributed by atoms with Crippen LogP contribution in [0.3, 0.4) is 0 Å². The van der Waals surface area contributed by atoms with Gasteiger partial charge in [-0.25, -0.2) is 0 Å². The Morgan fingerprint density at radius 3 is 2.36 bits per heavy atom. The minimum atomic E-state index is -0.908. The average molecular weight is 311 g/mol. The fourth-order valence-corrected chi connectivity index (χ4v) is 2.21. The Morgan fingerprint density at radius 1 is 1.18 bits per heavy atom. The number of non-ortho nitro benzene ring substituents is 1. The van der Waals surface area contributed by atoms with E-state index in [-0.39, 0.29) is 12.3 Å². The van der Waals surface area contributed by atoms with Crippen molar-refractivity contribution in [2.45, 2.75) is 37.8 Å². The highest BCUT2D eigenvalue weighted by Crippen LogP contribution is 2.20. The SMILES string of the molecule is NCCCCCCN[C@H](CO)[C@H](O)c1ccc([N+](=O)[O-])cc1. The number of nitrogens with two attached hydrogens (primary N) is 1. The summed E-state index contributed by atoms with van der Waals surface area (Å²) in [5, 5.41) is 33.4. The van der Waals surface area contributed by atoms with E-state index >= 15 is 0 Å². The summed E-state index contributed by atoms with van der Waals surface area (Å²) in [7, 11) is 0. The van der Waals surface area contributed by atoms with Crippen LogP contribution in [0.1, 0.15) is 37.4 Å². The quantitative estimate of drug-likeness (QED) is 0.276. The number of nitro groups is 1. The van der Waals surface area contributed by atoms with E-state index in [1.54, 1.807) is 0 Å². The molecule has 1 aromatic carbocycles. The third kappa shape index (κ3) is 6.07. The van der Waals surface area contributed by atoms with Gasteiger partial charge in [0.1, 0.15) is 0 Å². The van der Waals surface area contributed by atoms with Crippen molar-refractivity contribution in [3.8, 4) is 0 Å². The Bertz CT molecular complexity index is 439. The lowest BCUT2D eigenvalue weighted by Gasteiger charge is -2.22. The largest absolute Gasteiger partial charge is 0.395 e. The Morgan fingerprint density at radius 2 is 1.82 bits per heavy atom. The number of benzene rings is 1. The van der Waals surface area contributed by atoms with Crippen LogP contribution < -0.4 is 11.1 Å². The lowest BCUT2D eigenvalue weighted by molar-refractivity contribution is -0.384. The number of rotatable bonds is 11. The second-order valence-electron chi connectivity index (χ2n) is 5.24. The molecular formula is C15H25N3O4. The van der Waals surface area contributed by atoms with Crippen molar-refractivity contribution in [3.05, 3.63) is 39.9 Å². The van der Waals surface area contributed by atoms with E-state index in [2.05, 4.69) is 5.32 Å². The van der Waals surface area contributed by atoms with Gasteiger partial charge in [0.25, 0.3) is 5.69 Å². The summed E-state index contributed by atoms with van der Waals surface area (Å²) < 4.78 is 0. The van der Waals surface area contributed by atoms with Crippen molar-refractivity contribution < 1.29 is 15.1 Å². The fourth-order valence-electron chi connectivity index (χ4n) is 2.21. The normalized spacial score (nSPS) is 13.8. The van der Waals surface area contributed by atoms with Gasteiger partial charge in [-0.2, -0.15) is 0 Å². The Balaban J connectivity index is 2.46. The minimum Gasteiger partial charge on any atom is -0.395 e. The smallest absolute Gasteiger partial charge is 0.269 e. The van der Waals surface area contributed by atoms with Gasteiger partial charge < -0.3 is 21.3 Å². The van der Waals surface area contributed by atoms with Crippen molar-refractivity contribution in [1.29, 1.82) is 0 Å². The second kappa shape index (κ2) is 10.2. The first kappa shape index (κ1) is 18.5. The van der Waals surface area contributed by atoms with Crippen LogP contribution in [-0.4, -0.2) is 40.9 Å². The summed E-state index contributed by atoms with van der Waals surface area (Å²) in [6.07, 6.45) is 3.18. The van der Waals surface area contributed by atoms with Gasteiger partial charge in [0, 0.05) is 12.1 Å². The molecule has 0 aliphatic rings. The van der Waals surface area contributed by atoms with Crippen LogP contribution in [0.2, 0.25) is 0 Å². The van der Waals surface area contributed by atoms with Crippen LogP contribution in [0.4, 0.5) is 5.69 Å². The molecule has 1 aromatic rings. The van der Waals surface area contributed by atoms with Gasteiger partial charge in [0.15, 0.2) is 0 Å². The molecule has 0 spiro atoms. The maximum atomic E-state index is 10.6. The van der Waals surface area contributed by atoms with E-state index in [0.717, 1.165) is 25.7 Å². The standard InChI is InChI=1S/C15H25N3O4/c16-9-3-1-2-4-10-17-14(11-19)15(20)12-5-7-13(8-6-12)18(21)22/h5-8,14-15,17,19-20H,1-4,9-11,16H2/t14-,15-/m1/s1. The van der Waals surface area contributed by atoms with E-state index in [0.29, 0.717) is 18.7 Å². The number of aliphatic hydroxyl groups is 2. The van der Waals surface area contributed by atoms with Gasteiger partial charge in [-0.05, 0) is 43.6 Å². The molecular weight excluding hydrogens is 286 g/mol. The summed E-state index contributed by atoms with van der Waals surface area (Å²) in [6, 6.07) is 5.22. The molecule has 0 heterocycles. The zero-order chi connectivity index (χ0) is 16.4. The topological polar surface area (TPSA) is 122 Å². The highest BCUT2D eigenvalue weighted by molar-refractivity contribution is 5.34. The molecule has 1 rings (SSSR count). The molecule has 22 heavy (non-hydrogen) atoms. The van der Waals surface area contributed by atoms with Gasteiger partial charge in [0.05, 0.1) is 23.7 Å². The van der Waals surface area contributed by atoms with Gasteiger partial charge in [0.2, 0.25) is 0 Å². The number of hydrogen-bond donors (Lipinski definition) is 4. The van der Waals surface area contributed by atoms with Crippen LogP contribution in [0, 0.1) is 10.1 Å². The number of nitrogens with zero attached hydrogens (tertiary/aromatic N) is 1. The predicted octanol–water partition coefficient (Wildman–Crippen LogP) is 1.10. The third-order valence-corrected chi connectivity index (χ3v) is 3.56. The molecule has 124 valence electrons. The van der Waals surface area contributed by atoms with E-state index in [1.807, 2.05) is 0 Å². The first-order valence-corrected chi connectivity index (χ1v) is 7.57. The summed E-state index contributed by atoms with van der Waals surface area (Å²) in [5.41, 5.74) is 5.94. The van der Waals surface area contributed by atoms with Crippen molar-refractivity contribution >= 4 is 5.69 Å². The Labute approximate surface area is 130 Å². The predicted molar refractivity (Wildman–Crippen MR) is 84.5 cm³/mol. The molecule has 0 saturated carbocycles. The maximum Gasteiger partial charge on any atom is 0.269 e. The number of aliphatic hydroxyl groups excluding tert-OH is 2. The van der Waals surface area contributed by atoms with Crippen LogP contribution in [0.25, 0.3) is 0 Å². The number of hydrogen-bond acceptors (Lipinski definition) is 6. The summed E-state index contributed by atoms with van der Waals surface area (Å²) in [4.78, 5) is 10.1. The molecule has 0 aromatic heterocycles. The van der Waals surface area contributed by atoms with Gasteiger partial charge in [-0.3, -0.25) is 10.1 Å². The zero-order valence-electron chi connectivity index (χ0n) is 12.6. The molecule has 7 heteroatoms. The van der Waals surface area contributed by atoms with Crippen molar-refractivity contribution in [2.24, 2.45) is 5.73 Å². The molecule has 0 radical (unpaired) electrons. The van der Waals surface area contributed by atoms with Crippen LogP contribution in [0.5, 0.6) is 0 Å². The van der Waals surface area contributed by atoms with E-state index in [4.69, 9.17) is 5.73 Å². The Kier molecular flexibility index (Phi) is 8.61. The molecule has 0 unspecified atom stereocenters. The summed E-state index contributed by atoms with van der Waals surface area (Å²) in [5.74, 6) is 0. The molecule has 0 saturated heterocycles. The Hall–Kier alpha value is -1.54. The van der Waals surface area contributed by atoms with Crippen molar-refractivity contribution in [3.63, 3.8) is 0 Å². The number of unbranched alkanes of at least 4 members (excludes halogenated alkanes) is 3. The second-order valence-corrected chi connectivity index (χ2v) is 5.24. The minimum absolute atomic E-state index is 0.0237. The summed E-state index contributed by atoms with van der Waals surface area (Å²) >= 11 is 0. The molecule has 2 atom stereocenters. The number of nitrogens with one attached hydrogen (secondary N) is 1.